The number of aryl methyl sites for hydroxylation is 1. The lowest BCUT2D eigenvalue weighted by Crippen LogP contribution is -2.20. The second kappa shape index (κ2) is 4.45. The lowest BCUT2D eigenvalue weighted by atomic mass is 10.0. The van der Waals surface area contributed by atoms with Gasteiger partial charge in [0.2, 0.25) is 0 Å². The van der Waals surface area contributed by atoms with Gasteiger partial charge in [-0.3, -0.25) is 4.79 Å². The summed E-state index contributed by atoms with van der Waals surface area (Å²) in [4.78, 5) is 11.5. The molecule has 20 heavy (non-hydrogen) atoms. The summed E-state index contributed by atoms with van der Waals surface area (Å²) in [6, 6.07) is 8.02. The zero-order valence-electron chi connectivity index (χ0n) is 11.4. The molecule has 1 fully saturated rings. The van der Waals surface area contributed by atoms with E-state index in [1.807, 2.05) is 42.8 Å². The summed E-state index contributed by atoms with van der Waals surface area (Å²) >= 11 is 3.51. The third-order valence-corrected chi connectivity index (χ3v) is 4.85. The summed E-state index contributed by atoms with van der Waals surface area (Å²) < 4.78 is 2.62. The van der Waals surface area contributed by atoms with Crippen LogP contribution in [0.1, 0.15) is 29.8 Å². The Bertz CT molecular complexity index is 702. The summed E-state index contributed by atoms with van der Waals surface area (Å²) in [5.41, 5.74) is 2.88. The molecule has 0 radical (unpaired) electrons. The molecular formula is C15H15BrN2O2. The maximum Gasteiger partial charge on any atom is 0.315 e. The van der Waals surface area contributed by atoms with Gasteiger partial charge in [0.25, 0.3) is 0 Å². The van der Waals surface area contributed by atoms with Crippen molar-refractivity contribution in [3.05, 3.63) is 45.7 Å². The number of hydrogen-bond acceptors (Lipinski definition) is 2. The fraction of sp³-hybridized carbons (Fsp3) is 0.333. The first-order chi connectivity index (χ1) is 9.45. The number of rotatable bonds is 3. The molecule has 2 aromatic rings. The summed E-state index contributed by atoms with van der Waals surface area (Å²) in [6.07, 6.45) is 1.32. The second-order valence-corrected chi connectivity index (χ2v) is 6.18. The molecule has 0 unspecified atom stereocenters. The fourth-order valence-electron chi connectivity index (χ4n) is 2.48. The zero-order valence-corrected chi connectivity index (χ0v) is 12.9. The van der Waals surface area contributed by atoms with E-state index in [9.17, 15) is 9.90 Å². The van der Waals surface area contributed by atoms with Crippen LogP contribution in [0.4, 0.5) is 0 Å². The van der Waals surface area contributed by atoms with Gasteiger partial charge in [0.1, 0.15) is 5.41 Å². The molecule has 1 saturated carbocycles. The number of carbonyl (C=O) groups is 1. The highest BCUT2D eigenvalue weighted by atomic mass is 79.9. The molecule has 1 aromatic carbocycles. The van der Waals surface area contributed by atoms with E-state index in [-0.39, 0.29) is 0 Å². The molecule has 1 aliphatic carbocycles. The average molecular weight is 335 g/mol. The van der Waals surface area contributed by atoms with E-state index in [0.717, 1.165) is 21.4 Å². The molecule has 0 bridgehead atoms. The van der Waals surface area contributed by atoms with Gasteiger partial charge >= 0.3 is 5.97 Å². The van der Waals surface area contributed by atoms with Gasteiger partial charge in [-0.15, -0.1) is 0 Å². The number of carboxylic acid groups (broad SMARTS) is 1. The highest BCUT2D eigenvalue weighted by molar-refractivity contribution is 9.10. The van der Waals surface area contributed by atoms with Crippen molar-refractivity contribution < 1.29 is 9.90 Å². The Kier molecular flexibility index (Phi) is 2.97. The van der Waals surface area contributed by atoms with Gasteiger partial charge in [0.15, 0.2) is 0 Å². The van der Waals surface area contributed by atoms with Gasteiger partial charge in [-0.05, 0) is 60.3 Å². The lowest BCUT2D eigenvalue weighted by Gasteiger charge is -2.06. The van der Waals surface area contributed by atoms with Crippen molar-refractivity contribution in [2.75, 3.05) is 0 Å². The molecule has 3 rings (SSSR count). The van der Waals surface area contributed by atoms with E-state index >= 15 is 0 Å². The van der Waals surface area contributed by atoms with Gasteiger partial charge in [0, 0.05) is 0 Å². The van der Waals surface area contributed by atoms with Gasteiger partial charge in [-0.1, -0.05) is 12.1 Å². The van der Waals surface area contributed by atoms with Crippen molar-refractivity contribution in [3.63, 3.8) is 0 Å². The van der Waals surface area contributed by atoms with Gasteiger partial charge in [-0.2, -0.15) is 5.10 Å². The topological polar surface area (TPSA) is 55.1 Å². The minimum atomic E-state index is -0.793. The van der Waals surface area contributed by atoms with Crippen molar-refractivity contribution in [3.8, 4) is 5.69 Å². The maximum atomic E-state index is 11.5. The fourth-order valence-corrected chi connectivity index (χ4v) is 3.10. The number of nitrogens with zero attached hydrogens (tertiary/aromatic N) is 2. The van der Waals surface area contributed by atoms with E-state index in [2.05, 4.69) is 21.0 Å². The van der Waals surface area contributed by atoms with Gasteiger partial charge < -0.3 is 5.11 Å². The summed E-state index contributed by atoms with van der Waals surface area (Å²) in [7, 11) is 0. The van der Waals surface area contributed by atoms with Crippen LogP contribution in [0.15, 0.2) is 28.7 Å². The third-order valence-electron chi connectivity index (χ3n) is 3.90. The molecule has 0 aliphatic heterocycles. The van der Waals surface area contributed by atoms with E-state index in [1.165, 1.54) is 0 Å². The van der Waals surface area contributed by atoms with Crippen LogP contribution in [0.3, 0.4) is 0 Å². The summed E-state index contributed by atoms with van der Waals surface area (Å²) in [6.45, 7) is 3.97. The number of benzene rings is 1. The largest absolute Gasteiger partial charge is 0.481 e. The van der Waals surface area contributed by atoms with E-state index in [4.69, 9.17) is 0 Å². The van der Waals surface area contributed by atoms with Gasteiger partial charge in [-0.25, -0.2) is 4.68 Å². The van der Waals surface area contributed by atoms with Crippen LogP contribution in [0.5, 0.6) is 0 Å². The Hall–Kier alpha value is -1.62. The van der Waals surface area contributed by atoms with Crippen molar-refractivity contribution in [2.24, 2.45) is 0 Å². The Balaban J connectivity index is 2.14. The molecule has 104 valence electrons. The number of carboxylic acids is 1. The van der Waals surface area contributed by atoms with Crippen LogP contribution >= 0.6 is 15.9 Å². The standard InChI is InChI=1S/C15H15BrN2O2/c1-9-4-3-5-11(8-9)18-10(2)12(16)13(17-18)15(6-7-15)14(19)20/h3-5,8H,6-7H2,1-2H3,(H,19,20). The maximum absolute atomic E-state index is 11.5. The molecule has 1 N–H and O–H groups in total. The van der Waals surface area contributed by atoms with Crippen LogP contribution in [-0.4, -0.2) is 20.9 Å². The van der Waals surface area contributed by atoms with Crippen LogP contribution in [-0.2, 0) is 10.2 Å². The van der Waals surface area contributed by atoms with Crippen LogP contribution in [0.25, 0.3) is 5.69 Å². The van der Waals surface area contributed by atoms with Crippen molar-refractivity contribution >= 4 is 21.9 Å². The Labute approximate surface area is 125 Å². The molecular weight excluding hydrogens is 320 g/mol. The number of halogens is 1. The number of aliphatic carboxylic acids is 1. The Morgan fingerprint density at radius 1 is 1.40 bits per heavy atom. The molecule has 0 amide bonds. The predicted octanol–water partition coefficient (Wildman–Crippen LogP) is 3.37. The Morgan fingerprint density at radius 2 is 2.10 bits per heavy atom. The first kappa shape index (κ1) is 13.4. The zero-order chi connectivity index (χ0) is 14.5. The number of aromatic nitrogens is 2. The molecule has 1 heterocycles. The average Bonchev–Trinajstić information content (AvgIpc) is 3.15. The monoisotopic (exact) mass is 334 g/mol. The van der Waals surface area contributed by atoms with E-state index in [0.29, 0.717) is 18.5 Å². The van der Waals surface area contributed by atoms with Crippen molar-refractivity contribution in [1.82, 2.24) is 9.78 Å². The SMILES string of the molecule is Cc1cccc(-n2nc(C3(C(=O)O)CC3)c(Br)c2C)c1. The number of hydrogen-bond donors (Lipinski definition) is 1. The molecule has 0 atom stereocenters. The molecule has 5 heteroatoms. The molecule has 1 aliphatic rings. The van der Waals surface area contributed by atoms with E-state index in [1.54, 1.807) is 0 Å². The smallest absolute Gasteiger partial charge is 0.315 e. The normalized spacial score (nSPS) is 16.1. The minimum Gasteiger partial charge on any atom is -0.481 e. The minimum absolute atomic E-state index is 0.643. The van der Waals surface area contributed by atoms with Crippen molar-refractivity contribution in [1.29, 1.82) is 0 Å². The van der Waals surface area contributed by atoms with E-state index < -0.39 is 11.4 Å². The van der Waals surface area contributed by atoms with Crippen molar-refractivity contribution in [2.45, 2.75) is 32.1 Å². The molecule has 0 spiro atoms. The first-order valence-electron chi connectivity index (χ1n) is 6.52. The highest BCUT2D eigenvalue weighted by Gasteiger charge is 2.55. The lowest BCUT2D eigenvalue weighted by molar-refractivity contribution is -0.140. The third kappa shape index (κ3) is 1.88. The highest BCUT2D eigenvalue weighted by Crippen LogP contribution is 2.50. The van der Waals surface area contributed by atoms with Crippen LogP contribution < -0.4 is 0 Å². The quantitative estimate of drug-likeness (QED) is 0.936. The van der Waals surface area contributed by atoms with Crippen LogP contribution in [0.2, 0.25) is 0 Å². The predicted molar refractivity (Wildman–Crippen MR) is 79.3 cm³/mol. The van der Waals surface area contributed by atoms with Gasteiger partial charge in [0.05, 0.1) is 21.5 Å². The first-order valence-corrected chi connectivity index (χ1v) is 7.31. The summed E-state index contributed by atoms with van der Waals surface area (Å²) in [5.74, 6) is -0.785. The second-order valence-electron chi connectivity index (χ2n) is 5.39. The molecule has 4 nitrogen and oxygen atoms in total. The molecule has 0 saturated heterocycles. The van der Waals surface area contributed by atoms with Crippen LogP contribution in [0, 0.1) is 13.8 Å². The molecule has 1 aromatic heterocycles. The summed E-state index contributed by atoms with van der Waals surface area (Å²) in [5, 5.41) is 14.0. The Morgan fingerprint density at radius 3 is 2.65 bits per heavy atom.